The number of hydrogen-bond donors (Lipinski definition) is 1. The van der Waals surface area contributed by atoms with Gasteiger partial charge in [0.1, 0.15) is 5.69 Å². The highest BCUT2D eigenvalue weighted by Crippen LogP contribution is 2.10. The number of nitrogens with zero attached hydrogens (tertiary/aromatic N) is 3. The molecule has 6 heteroatoms. The maximum Gasteiger partial charge on any atom is 0.274 e. The minimum atomic E-state index is -0.324. The van der Waals surface area contributed by atoms with E-state index in [0.717, 1.165) is 18.3 Å². The second-order valence-electron chi connectivity index (χ2n) is 5.52. The van der Waals surface area contributed by atoms with Gasteiger partial charge in [-0.25, -0.2) is 4.98 Å². The molecule has 1 aromatic heterocycles. The van der Waals surface area contributed by atoms with Gasteiger partial charge in [0.05, 0.1) is 6.20 Å². The molecule has 0 aliphatic carbocycles. The molecule has 0 fully saturated rings. The molecule has 0 saturated heterocycles. The van der Waals surface area contributed by atoms with Crippen molar-refractivity contribution in [2.75, 3.05) is 21.1 Å². The fourth-order valence-corrected chi connectivity index (χ4v) is 2.19. The Morgan fingerprint density at radius 3 is 2.45 bits per heavy atom. The van der Waals surface area contributed by atoms with Gasteiger partial charge in [0.15, 0.2) is 0 Å². The maximum atomic E-state index is 12.3. The average Bonchev–Trinajstić information content (AvgIpc) is 2.47. The predicted octanol–water partition coefficient (Wildman–Crippen LogP) is 1.10. The molecule has 0 radical (unpaired) electrons. The van der Waals surface area contributed by atoms with Crippen molar-refractivity contribution in [2.24, 2.45) is 0 Å². The van der Waals surface area contributed by atoms with Crippen molar-refractivity contribution in [1.29, 1.82) is 0 Å². The zero-order valence-corrected chi connectivity index (χ0v) is 13.0. The van der Waals surface area contributed by atoms with E-state index in [1.165, 1.54) is 11.8 Å². The van der Waals surface area contributed by atoms with E-state index in [4.69, 9.17) is 0 Å². The zero-order chi connectivity index (χ0) is 16.1. The summed E-state index contributed by atoms with van der Waals surface area (Å²) >= 11 is 0. The summed E-state index contributed by atoms with van der Waals surface area (Å²) in [5.41, 5.74) is 2.16. The highest BCUT2D eigenvalue weighted by atomic mass is 16.2. The molecular formula is C16H20N4O2. The van der Waals surface area contributed by atoms with Gasteiger partial charge in [-0.2, -0.15) is 0 Å². The summed E-state index contributed by atoms with van der Waals surface area (Å²) in [4.78, 5) is 33.2. The van der Waals surface area contributed by atoms with Gasteiger partial charge < -0.3 is 14.8 Å². The summed E-state index contributed by atoms with van der Waals surface area (Å²) in [5, 5.41) is 0. The summed E-state index contributed by atoms with van der Waals surface area (Å²) in [6, 6.07) is 8.13. The highest BCUT2D eigenvalue weighted by Gasteiger charge is 2.13. The number of aromatic amines is 1. The third-order valence-corrected chi connectivity index (χ3v) is 3.15. The number of amides is 1. The molecule has 0 aliphatic rings. The van der Waals surface area contributed by atoms with Crippen LogP contribution >= 0.6 is 0 Å². The van der Waals surface area contributed by atoms with Gasteiger partial charge in [-0.15, -0.1) is 0 Å². The molecular weight excluding hydrogens is 280 g/mol. The number of rotatable bonds is 5. The first-order valence-electron chi connectivity index (χ1n) is 6.98. The third kappa shape index (κ3) is 4.26. The van der Waals surface area contributed by atoms with E-state index < -0.39 is 0 Å². The van der Waals surface area contributed by atoms with Gasteiger partial charge in [0.25, 0.3) is 11.5 Å². The lowest BCUT2D eigenvalue weighted by atomic mass is 10.1. The molecule has 2 aromatic rings. The van der Waals surface area contributed by atoms with E-state index in [-0.39, 0.29) is 17.2 Å². The van der Waals surface area contributed by atoms with Crippen LogP contribution in [0.1, 0.15) is 21.6 Å². The van der Waals surface area contributed by atoms with Gasteiger partial charge in [-0.1, -0.05) is 24.3 Å². The minimum absolute atomic E-state index is 0.228. The molecule has 22 heavy (non-hydrogen) atoms. The van der Waals surface area contributed by atoms with E-state index >= 15 is 0 Å². The molecule has 2 rings (SSSR count). The van der Waals surface area contributed by atoms with Crippen LogP contribution in [0.4, 0.5) is 0 Å². The second kappa shape index (κ2) is 7.00. The highest BCUT2D eigenvalue weighted by molar-refractivity contribution is 5.91. The normalized spacial score (nSPS) is 10.7. The molecule has 6 nitrogen and oxygen atoms in total. The van der Waals surface area contributed by atoms with E-state index in [9.17, 15) is 9.59 Å². The maximum absolute atomic E-state index is 12.3. The van der Waals surface area contributed by atoms with Crippen molar-refractivity contribution in [1.82, 2.24) is 19.8 Å². The molecule has 0 aliphatic heterocycles. The van der Waals surface area contributed by atoms with Crippen molar-refractivity contribution in [3.05, 3.63) is 63.8 Å². The quantitative estimate of drug-likeness (QED) is 0.898. The number of benzene rings is 1. The molecule has 0 bridgehead atoms. The largest absolute Gasteiger partial charge is 0.336 e. The van der Waals surface area contributed by atoms with Crippen LogP contribution in [0.2, 0.25) is 0 Å². The number of hydrogen-bond acceptors (Lipinski definition) is 4. The monoisotopic (exact) mass is 300 g/mol. The summed E-state index contributed by atoms with van der Waals surface area (Å²) in [6.07, 6.45) is 2.45. The van der Waals surface area contributed by atoms with Crippen LogP contribution in [0.5, 0.6) is 0 Å². The van der Waals surface area contributed by atoms with Crippen LogP contribution in [0.15, 0.2) is 41.5 Å². The first kappa shape index (κ1) is 15.9. The fraction of sp³-hybridized carbons (Fsp3) is 0.312. The Morgan fingerprint density at radius 2 is 1.86 bits per heavy atom. The van der Waals surface area contributed by atoms with Crippen molar-refractivity contribution < 1.29 is 4.79 Å². The van der Waals surface area contributed by atoms with Crippen LogP contribution in [0.3, 0.4) is 0 Å². The van der Waals surface area contributed by atoms with Gasteiger partial charge >= 0.3 is 0 Å². The van der Waals surface area contributed by atoms with Gasteiger partial charge in [-0.3, -0.25) is 9.59 Å². The van der Waals surface area contributed by atoms with Crippen molar-refractivity contribution in [2.45, 2.75) is 13.1 Å². The Kier molecular flexibility index (Phi) is 5.06. The summed E-state index contributed by atoms with van der Waals surface area (Å²) < 4.78 is 0. The first-order valence-corrected chi connectivity index (χ1v) is 6.98. The number of carbonyl (C=O) groups is 1. The lowest BCUT2D eigenvalue weighted by Gasteiger charge is -2.17. The molecule has 1 amide bonds. The topological polar surface area (TPSA) is 69.3 Å². The molecule has 1 heterocycles. The summed E-state index contributed by atoms with van der Waals surface area (Å²) in [5.74, 6) is -0.228. The van der Waals surface area contributed by atoms with E-state index in [0.29, 0.717) is 6.54 Å². The fourth-order valence-electron chi connectivity index (χ4n) is 2.19. The average molecular weight is 300 g/mol. The molecule has 1 aromatic carbocycles. The Bertz CT molecular complexity index is 689. The second-order valence-corrected chi connectivity index (χ2v) is 5.52. The lowest BCUT2D eigenvalue weighted by Crippen LogP contribution is -2.28. The summed E-state index contributed by atoms with van der Waals surface area (Å²) in [7, 11) is 5.75. The Balaban J connectivity index is 2.08. The van der Waals surface area contributed by atoms with Gasteiger partial charge in [-0.05, 0) is 25.2 Å². The van der Waals surface area contributed by atoms with Crippen LogP contribution < -0.4 is 5.56 Å². The Hall–Kier alpha value is -2.47. The smallest absolute Gasteiger partial charge is 0.274 e. The number of nitrogens with one attached hydrogen (secondary N) is 1. The van der Waals surface area contributed by atoms with E-state index in [1.807, 2.05) is 26.2 Å². The van der Waals surface area contributed by atoms with Crippen molar-refractivity contribution in [3.63, 3.8) is 0 Å². The molecule has 0 saturated carbocycles. The van der Waals surface area contributed by atoms with Crippen molar-refractivity contribution in [3.8, 4) is 0 Å². The third-order valence-electron chi connectivity index (χ3n) is 3.15. The summed E-state index contributed by atoms with van der Waals surface area (Å²) in [6.45, 7) is 1.34. The molecule has 0 unspecified atom stereocenters. The molecule has 116 valence electrons. The van der Waals surface area contributed by atoms with E-state index in [2.05, 4.69) is 27.0 Å². The minimum Gasteiger partial charge on any atom is -0.336 e. The zero-order valence-electron chi connectivity index (χ0n) is 13.0. The SMILES string of the molecule is CN(C)Cc1cccc(CN(C)C(=O)c2c[nH]c(=O)cn2)c1. The number of carbonyl (C=O) groups excluding carboxylic acids is 1. The molecule has 0 atom stereocenters. The van der Waals surface area contributed by atoms with Gasteiger partial charge in [0.2, 0.25) is 0 Å². The standard InChI is InChI=1S/C16H20N4O2/c1-19(2)10-12-5-4-6-13(7-12)11-20(3)16(22)14-8-18-15(21)9-17-14/h4-9H,10-11H2,1-3H3,(H,18,21). The van der Waals surface area contributed by atoms with Crippen LogP contribution in [0.25, 0.3) is 0 Å². The number of aromatic nitrogens is 2. The first-order chi connectivity index (χ1) is 10.5. The Morgan fingerprint density at radius 1 is 1.18 bits per heavy atom. The Labute approximate surface area is 129 Å². The van der Waals surface area contributed by atoms with E-state index in [1.54, 1.807) is 11.9 Å². The molecule has 0 spiro atoms. The van der Waals surface area contributed by atoms with Crippen molar-refractivity contribution >= 4 is 5.91 Å². The predicted molar refractivity (Wildman–Crippen MR) is 84.5 cm³/mol. The lowest BCUT2D eigenvalue weighted by molar-refractivity contribution is 0.0778. The van der Waals surface area contributed by atoms with Crippen LogP contribution in [-0.4, -0.2) is 46.8 Å². The number of H-pyrrole nitrogens is 1. The van der Waals surface area contributed by atoms with Crippen LogP contribution in [-0.2, 0) is 13.1 Å². The molecule has 1 N–H and O–H groups in total. The van der Waals surface area contributed by atoms with Gasteiger partial charge in [0, 0.05) is 26.3 Å². The van der Waals surface area contributed by atoms with Crippen LogP contribution in [0, 0.1) is 0 Å².